The van der Waals surface area contributed by atoms with E-state index < -0.39 is 0 Å². The maximum Gasteiger partial charge on any atom is 0.224 e. The highest BCUT2D eigenvalue weighted by Gasteiger charge is 2.19. The average Bonchev–Trinajstić information content (AvgIpc) is 3.01. The molecule has 1 aliphatic rings. The zero-order chi connectivity index (χ0) is 12.8. The quantitative estimate of drug-likeness (QED) is 0.785. The number of rotatable bonds is 6. The van der Waals surface area contributed by atoms with E-state index in [1.807, 2.05) is 6.92 Å². The van der Waals surface area contributed by atoms with Gasteiger partial charge in [0, 0.05) is 37.8 Å². The summed E-state index contributed by atoms with van der Waals surface area (Å²) < 4.78 is 0. The number of hydrogen-bond acceptors (Lipinski definition) is 3. The molecule has 2 rings (SSSR count). The second-order valence-corrected chi connectivity index (χ2v) is 4.99. The predicted molar refractivity (Wildman–Crippen MR) is 70.1 cm³/mol. The van der Waals surface area contributed by atoms with Gasteiger partial charge >= 0.3 is 0 Å². The van der Waals surface area contributed by atoms with Crippen molar-refractivity contribution in [2.45, 2.75) is 26.2 Å². The second-order valence-electron chi connectivity index (χ2n) is 4.99. The predicted octanol–water partition coefficient (Wildman–Crippen LogP) is 0.800. The van der Waals surface area contributed by atoms with Crippen LogP contribution in [0.4, 0.5) is 0 Å². The monoisotopic (exact) mass is 250 g/mol. The van der Waals surface area contributed by atoms with E-state index in [9.17, 15) is 4.79 Å². The summed E-state index contributed by atoms with van der Waals surface area (Å²) in [6.45, 7) is 5.82. The van der Waals surface area contributed by atoms with Crippen molar-refractivity contribution in [3.63, 3.8) is 0 Å². The van der Waals surface area contributed by atoms with E-state index in [-0.39, 0.29) is 11.8 Å². The van der Waals surface area contributed by atoms with E-state index in [2.05, 4.69) is 20.2 Å². The van der Waals surface area contributed by atoms with Crippen molar-refractivity contribution >= 4 is 5.91 Å². The molecule has 2 N–H and O–H groups in total. The van der Waals surface area contributed by atoms with Gasteiger partial charge in [-0.1, -0.05) is 6.92 Å². The van der Waals surface area contributed by atoms with Crippen LogP contribution in [0.5, 0.6) is 0 Å². The highest BCUT2D eigenvalue weighted by atomic mass is 16.1. The van der Waals surface area contributed by atoms with Gasteiger partial charge in [-0.05, 0) is 25.9 Å². The highest BCUT2D eigenvalue weighted by molar-refractivity contribution is 5.78. The summed E-state index contributed by atoms with van der Waals surface area (Å²) in [5.41, 5.74) is 0. The lowest BCUT2D eigenvalue weighted by Gasteiger charge is -2.19. The van der Waals surface area contributed by atoms with Gasteiger partial charge in [-0.25, -0.2) is 4.98 Å². The number of amides is 1. The lowest BCUT2D eigenvalue weighted by atomic mass is 10.1. The molecule has 0 saturated carbocycles. The molecule has 1 saturated heterocycles. The van der Waals surface area contributed by atoms with E-state index in [1.54, 1.807) is 12.4 Å². The molecular weight excluding hydrogens is 228 g/mol. The highest BCUT2D eigenvalue weighted by Crippen LogP contribution is 2.10. The van der Waals surface area contributed by atoms with Gasteiger partial charge in [0.25, 0.3) is 0 Å². The Bertz CT molecular complexity index is 357. The third kappa shape index (κ3) is 3.84. The molecule has 0 aromatic carbocycles. The Hall–Kier alpha value is -1.36. The number of carbonyl (C=O) groups is 1. The van der Waals surface area contributed by atoms with E-state index in [0.29, 0.717) is 6.54 Å². The summed E-state index contributed by atoms with van der Waals surface area (Å²) in [6.07, 6.45) is 6.83. The number of likely N-dealkylation sites (tertiary alicyclic amines) is 1. The summed E-state index contributed by atoms with van der Waals surface area (Å²) in [6, 6.07) is 0. The number of H-pyrrole nitrogens is 1. The molecule has 0 spiro atoms. The molecular formula is C13H22N4O. The fourth-order valence-corrected chi connectivity index (χ4v) is 2.35. The number of imidazole rings is 1. The minimum absolute atomic E-state index is 0.0692. The summed E-state index contributed by atoms with van der Waals surface area (Å²) in [7, 11) is 0. The molecule has 0 radical (unpaired) electrons. The molecule has 18 heavy (non-hydrogen) atoms. The first-order valence-electron chi connectivity index (χ1n) is 6.74. The molecule has 2 heterocycles. The third-order valence-corrected chi connectivity index (χ3v) is 3.39. The zero-order valence-corrected chi connectivity index (χ0v) is 11.0. The lowest BCUT2D eigenvalue weighted by Crippen LogP contribution is -2.37. The van der Waals surface area contributed by atoms with Gasteiger partial charge in [-0.15, -0.1) is 0 Å². The summed E-state index contributed by atoms with van der Waals surface area (Å²) in [4.78, 5) is 21.4. The van der Waals surface area contributed by atoms with Gasteiger partial charge in [-0.2, -0.15) is 0 Å². The van der Waals surface area contributed by atoms with Crippen molar-refractivity contribution < 1.29 is 4.79 Å². The van der Waals surface area contributed by atoms with Crippen LogP contribution >= 0.6 is 0 Å². The van der Waals surface area contributed by atoms with E-state index in [0.717, 1.165) is 31.9 Å². The number of hydrogen-bond donors (Lipinski definition) is 2. The molecule has 0 aliphatic carbocycles. The molecule has 1 aliphatic heterocycles. The zero-order valence-electron chi connectivity index (χ0n) is 11.0. The Morgan fingerprint density at radius 1 is 1.56 bits per heavy atom. The molecule has 1 amide bonds. The fraction of sp³-hybridized carbons (Fsp3) is 0.692. The van der Waals surface area contributed by atoms with Crippen molar-refractivity contribution in [2.24, 2.45) is 5.92 Å². The maximum absolute atomic E-state index is 11.9. The standard InChI is InChI=1S/C13H22N4O/c1-11(10-17-8-2-3-9-17)13(18)16-5-4-12-14-6-7-15-12/h6-7,11H,2-5,8-10H2,1H3,(H,14,15)(H,16,18)/t11-/m0/s1. The maximum atomic E-state index is 11.9. The number of nitrogens with zero attached hydrogens (tertiary/aromatic N) is 2. The average molecular weight is 250 g/mol. The third-order valence-electron chi connectivity index (χ3n) is 3.39. The minimum atomic E-state index is 0.0692. The van der Waals surface area contributed by atoms with E-state index in [4.69, 9.17) is 0 Å². The Morgan fingerprint density at radius 2 is 2.33 bits per heavy atom. The van der Waals surface area contributed by atoms with Crippen molar-refractivity contribution in [2.75, 3.05) is 26.2 Å². The van der Waals surface area contributed by atoms with Crippen LogP contribution < -0.4 is 5.32 Å². The van der Waals surface area contributed by atoms with Crippen LogP contribution in [0.2, 0.25) is 0 Å². The van der Waals surface area contributed by atoms with Gasteiger partial charge in [0.05, 0.1) is 0 Å². The van der Waals surface area contributed by atoms with Crippen LogP contribution in [0, 0.1) is 5.92 Å². The van der Waals surface area contributed by atoms with Gasteiger partial charge in [0.2, 0.25) is 5.91 Å². The molecule has 5 nitrogen and oxygen atoms in total. The molecule has 1 aromatic rings. The smallest absolute Gasteiger partial charge is 0.224 e. The molecule has 5 heteroatoms. The minimum Gasteiger partial charge on any atom is -0.355 e. The van der Waals surface area contributed by atoms with Crippen LogP contribution in [0.3, 0.4) is 0 Å². The molecule has 1 fully saturated rings. The van der Waals surface area contributed by atoms with Crippen LogP contribution in [-0.2, 0) is 11.2 Å². The number of aromatic nitrogens is 2. The first kappa shape index (κ1) is 13.1. The summed E-state index contributed by atoms with van der Waals surface area (Å²) >= 11 is 0. The van der Waals surface area contributed by atoms with Crippen molar-refractivity contribution in [1.82, 2.24) is 20.2 Å². The normalized spacial score (nSPS) is 17.8. The van der Waals surface area contributed by atoms with Gasteiger partial charge in [-0.3, -0.25) is 4.79 Å². The van der Waals surface area contributed by atoms with Gasteiger partial charge < -0.3 is 15.2 Å². The largest absolute Gasteiger partial charge is 0.355 e. The molecule has 100 valence electrons. The first-order valence-corrected chi connectivity index (χ1v) is 6.74. The first-order chi connectivity index (χ1) is 8.75. The Labute approximate surface area is 108 Å². The van der Waals surface area contributed by atoms with E-state index in [1.165, 1.54) is 12.8 Å². The molecule has 0 bridgehead atoms. The van der Waals surface area contributed by atoms with Crippen molar-refractivity contribution in [1.29, 1.82) is 0 Å². The Morgan fingerprint density at radius 3 is 3.00 bits per heavy atom. The second kappa shape index (κ2) is 6.54. The lowest BCUT2D eigenvalue weighted by molar-refractivity contribution is -0.124. The van der Waals surface area contributed by atoms with Crippen LogP contribution in [-0.4, -0.2) is 47.0 Å². The Kier molecular flexibility index (Phi) is 4.75. The molecule has 1 aromatic heterocycles. The summed E-state index contributed by atoms with van der Waals surface area (Å²) in [5, 5.41) is 2.97. The van der Waals surface area contributed by atoms with Crippen molar-refractivity contribution in [3.8, 4) is 0 Å². The van der Waals surface area contributed by atoms with Crippen LogP contribution in [0.1, 0.15) is 25.6 Å². The molecule has 0 unspecified atom stereocenters. The molecule has 1 atom stereocenters. The van der Waals surface area contributed by atoms with E-state index >= 15 is 0 Å². The topological polar surface area (TPSA) is 61.0 Å². The van der Waals surface area contributed by atoms with Crippen molar-refractivity contribution in [3.05, 3.63) is 18.2 Å². The van der Waals surface area contributed by atoms with Crippen LogP contribution in [0.15, 0.2) is 12.4 Å². The number of aromatic amines is 1. The van der Waals surface area contributed by atoms with Gasteiger partial charge in [0.15, 0.2) is 0 Å². The number of nitrogens with one attached hydrogen (secondary N) is 2. The fourth-order valence-electron chi connectivity index (χ4n) is 2.35. The van der Waals surface area contributed by atoms with Crippen LogP contribution in [0.25, 0.3) is 0 Å². The SMILES string of the molecule is C[C@@H](CN1CCCC1)C(=O)NCCc1ncc[nH]1. The van der Waals surface area contributed by atoms with Gasteiger partial charge in [0.1, 0.15) is 5.82 Å². The Balaban J connectivity index is 1.64. The number of carbonyl (C=O) groups excluding carboxylic acids is 1. The summed E-state index contributed by atoms with van der Waals surface area (Å²) in [5.74, 6) is 1.13.